The van der Waals surface area contributed by atoms with Gasteiger partial charge in [-0.1, -0.05) is 28.5 Å². The Bertz CT molecular complexity index is 633. The van der Waals surface area contributed by atoms with Crippen LogP contribution in [0.15, 0.2) is 45.2 Å². The van der Waals surface area contributed by atoms with E-state index < -0.39 is 0 Å². The van der Waals surface area contributed by atoms with E-state index in [0.29, 0.717) is 30.0 Å². The Morgan fingerprint density at radius 1 is 1.16 bits per heavy atom. The molecular weight excluding hydrogens is 246 g/mol. The number of benzene rings is 1. The average molecular weight is 257 g/mol. The second-order valence-electron chi connectivity index (χ2n) is 4.04. The molecule has 2 N–H and O–H groups in total. The number of fused-ring (bicyclic) bond motifs is 1. The second kappa shape index (κ2) is 4.89. The summed E-state index contributed by atoms with van der Waals surface area (Å²) in [5, 5.41) is 24.1. The smallest absolute Gasteiger partial charge is 0.160 e. The van der Waals surface area contributed by atoms with E-state index in [1.54, 1.807) is 0 Å². The number of para-hydroxylation sites is 1. The van der Waals surface area contributed by atoms with Gasteiger partial charge in [0.2, 0.25) is 0 Å². The molecule has 19 heavy (non-hydrogen) atoms. The Morgan fingerprint density at radius 2 is 2.00 bits per heavy atom. The lowest BCUT2D eigenvalue weighted by molar-refractivity contribution is 0.303. The molecule has 0 spiro atoms. The summed E-state index contributed by atoms with van der Waals surface area (Å²) in [6.45, 7) is 0. The molecular formula is C12H11N5O2. The largest absolute Gasteiger partial charge is 0.411 e. The van der Waals surface area contributed by atoms with Crippen LogP contribution in [-0.2, 0) is 6.42 Å². The Morgan fingerprint density at radius 3 is 2.79 bits per heavy atom. The lowest BCUT2D eigenvalue weighted by Gasteiger charge is -2.11. The summed E-state index contributed by atoms with van der Waals surface area (Å²) >= 11 is 0. The van der Waals surface area contributed by atoms with Crippen molar-refractivity contribution in [2.75, 3.05) is 5.43 Å². The molecule has 0 unspecified atom stereocenters. The first kappa shape index (κ1) is 11.4. The molecule has 7 nitrogen and oxygen atoms in total. The third-order valence-corrected chi connectivity index (χ3v) is 2.84. The predicted molar refractivity (Wildman–Crippen MR) is 68.4 cm³/mol. The van der Waals surface area contributed by atoms with E-state index in [2.05, 4.69) is 26.0 Å². The number of nitrogens with one attached hydrogen (secondary N) is 1. The fraction of sp³-hybridized carbons (Fsp3) is 0.167. The summed E-state index contributed by atoms with van der Waals surface area (Å²) in [5.41, 5.74) is 5.88. The van der Waals surface area contributed by atoms with Crippen LogP contribution in [0.2, 0.25) is 0 Å². The Hall–Kier alpha value is -2.70. The molecule has 0 fully saturated rings. The van der Waals surface area contributed by atoms with Gasteiger partial charge in [-0.25, -0.2) is 4.63 Å². The molecule has 7 heteroatoms. The summed E-state index contributed by atoms with van der Waals surface area (Å²) in [6.07, 6.45) is 1.18. The second-order valence-corrected chi connectivity index (χ2v) is 4.04. The Kier molecular flexibility index (Phi) is 2.93. The number of rotatable bonds is 2. The van der Waals surface area contributed by atoms with Gasteiger partial charge in [0.1, 0.15) is 17.1 Å². The van der Waals surface area contributed by atoms with Crippen LogP contribution in [-0.4, -0.2) is 26.9 Å². The monoisotopic (exact) mass is 257 g/mol. The van der Waals surface area contributed by atoms with Crippen molar-refractivity contribution in [2.45, 2.75) is 12.8 Å². The van der Waals surface area contributed by atoms with Crippen LogP contribution in [0.25, 0.3) is 0 Å². The van der Waals surface area contributed by atoms with E-state index in [0.717, 1.165) is 11.4 Å². The van der Waals surface area contributed by atoms with Gasteiger partial charge in [0.25, 0.3) is 0 Å². The zero-order valence-electron chi connectivity index (χ0n) is 9.95. The SMILES string of the molecule is O/N=C1/CCc2nonc2/C1=N/Nc1ccccc1. The standard InChI is InChI=1S/C12H11N5O2/c18-15-9-6-7-10-12(17-19-16-10)11(9)14-13-8-4-2-1-3-5-8/h1-5,13,18H,6-7H2/b14-11+,15-9-. The maximum absolute atomic E-state index is 9.02. The predicted octanol–water partition coefficient (Wildman–Crippen LogP) is 1.66. The highest BCUT2D eigenvalue weighted by Gasteiger charge is 2.27. The first-order valence-corrected chi connectivity index (χ1v) is 5.80. The summed E-state index contributed by atoms with van der Waals surface area (Å²) in [7, 11) is 0. The lowest BCUT2D eigenvalue weighted by Crippen LogP contribution is -2.24. The first-order valence-electron chi connectivity index (χ1n) is 5.80. The number of hydrogen-bond acceptors (Lipinski definition) is 7. The van der Waals surface area contributed by atoms with Gasteiger partial charge in [-0.05, 0) is 17.3 Å². The molecule has 1 aliphatic carbocycles. The zero-order chi connectivity index (χ0) is 13.1. The molecule has 0 atom stereocenters. The van der Waals surface area contributed by atoms with Crippen molar-refractivity contribution in [3.05, 3.63) is 41.7 Å². The maximum atomic E-state index is 9.02. The summed E-state index contributed by atoms with van der Waals surface area (Å²) in [4.78, 5) is 0. The maximum Gasteiger partial charge on any atom is 0.160 e. The molecule has 0 radical (unpaired) electrons. The van der Waals surface area contributed by atoms with E-state index in [4.69, 9.17) is 9.84 Å². The Labute approximate surface area is 108 Å². The molecule has 2 aromatic rings. The van der Waals surface area contributed by atoms with Crippen molar-refractivity contribution in [3.63, 3.8) is 0 Å². The third-order valence-electron chi connectivity index (χ3n) is 2.84. The van der Waals surface area contributed by atoms with E-state index in [9.17, 15) is 0 Å². The number of nitrogens with zero attached hydrogens (tertiary/aromatic N) is 4. The van der Waals surface area contributed by atoms with E-state index in [1.807, 2.05) is 30.3 Å². The van der Waals surface area contributed by atoms with E-state index in [-0.39, 0.29) is 0 Å². The fourth-order valence-electron chi connectivity index (χ4n) is 1.89. The molecule has 0 saturated heterocycles. The lowest BCUT2D eigenvalue weighted by atomic mass is 9.97. The van der Waals surface area contributed by atoms with Gasteiger partial charge in [0, 0.05) is 12.8 Å². The van der Waals surface area contributed by atoms with Crippen LogP contribution in [0.5, 0.6) is 0 Å². The highest BCUT2D eigenvalue weighted by atomic mass is 16.6. The number of hydrogen-bond donors (Lipinski definition) is 2. The highest BCUT2D eigenvalue weighted by Crippen LogP contribution is 2.17. The quantitative estimate of drug-likeness (QED) is 0.630. The Balaban J connectivity index is 1.94. The van der Waals surface area contributed by atoms with Crippen LogP contribution >= 0.6 is 0 Å². The molecule has 0 saturated carbocycles. The number of aromatic nitrogens is 2. The zero-order valence-corrected chi connectivity index (χ0v) is 9.95. The van der Waals surface area contributed by atoms with Gasteiger partial charge in [0.15, 0.2) is 5.69 Å². The molecule has 1 heterocycles. The topological polar surface area (TPSA) is 95.9 Å². The number of anilines is 1. The van der Waals surface area contributed by atoms with Crippen LogP contribution in [0, 0.1) is 0 Å². The molecule has 96 valence electrons. The number of oxime groups is 1. The van der Waals surface area contributed by atoms with Crippen molar-refractivity contribution in [2.24, 2.45) is 10.3 Å². The van der Waals surface area contributed by atoms with Gasteiger partial charge < -0.3 is 5.21 Å². The normalized spacial score (nSPS) is 18.5. The summed E-state index contributed by atoms with van der Waals surface area (Å²) in [6, 6.07) is 9.47. The van der Waals surface area contributed by atoms with Gasteiger partial charge in [-0.3, -0.25) is 5.43 Å². The molecule has 0 aliphatic heterocycles. The van der Waals surface area contributed by atoms with Crippen molar-refractivity contribution in [1.82, 2.24) is 10.3 Å². The van der Waals surface area contributed by atoms with Crippen molar-refractivity contribution >= 4 is 17.1 Å². The minimum Gasteiger partial charge on any atom is -0.411 e. The third kappa shape index (κ3) is 2.17. The van der Waals surface area contributed by atoms with Gasteiger partial charge in [-0.15, -0.1) is 0 Å². The molecule has 1 aliphatic rings. The van der Waals surface area contributed by atoms with Gasteiger partial charge >= 0.3 is 0 Å². The van der Waals surface area contributed by atoms with Crippen LogP contribution in [0.1, 0.15) is 17.8 Å². The molecule has 0 amide bonds. The fourth-order valence-corrected chi connectivity index (χ4v) is 1.89. The molecule has 0 bridgehead atoms. The molecule has 1 aromatic carbocycles. The molecule has 3 rings (SSSR count). The van der Waals surface area contributed by atoms with Crippen molar-refractivity contribution in [3.8, 4) is 0 Å². The number of hydrazone groups is 1. The minimum absolute atomic E-state index is 0.453. The molecule has 1 aromatic heterocycles. The van der Waals surface area contributed by atoms with Crippen molar-refractivity contribution in [1.29, 1.82) is 0 Å². The van der Waals surface area contributed by atoms with E-state index >= 15 is 0 Å². The summed E-state index contributed by atoms with van der Waals surface area (Å²) in [5.74, 6) is 0. The minimum atomic E-state index is 0.453. The van der Waals surface area contributed by atoms with Crippen LogP contribution in [0.4, 0.5) is 5.69 Å². The average Bonchev–Trinajstić information content (AvgIpc) is 2.94. The highest BCUT2D eigenvalue weighted by molar-refractivity contribution is 6.48. The van der Waals surface area contributed by atoms with Gasteiger partial charge in [-0.2, -0.15) is 5.10 Å². The van der Waals surface area contributed by atoms with Gasteiger partial charge in [0.05, 0.1) is 5.69 Å². The van der Waals surface area contributed by atoms with Crippen molar-refractivity contribution < 1.29 is 9.84 Å². The number of aryl methyl sites for hydroxylation is 1. The van der Waals surface area contributed by atoms with Crippen LogP contribution in [0.3, 0.4) is 0 Å². The van der Waals surface area contributed by atoms with Crippen LogP contribution < -0.4 is 5.43 Å². The summed E-state index contributed by atoms with van der Waals surface area (Å²) < 4.78 is 4.70. The first-order chi connectivity index (χ1) is 9.38. The van der Waals surface area contributed by atoms with E-state index in [1.165, 1.54) is 0 Å².